The summed E-state index contributed by atoms with van der Waals surface area (Å²) in [6.45, 7) is 4.89. The zero-order valence-corrected chi connectivity index (χ0v) is 25.5. The summed E-state index contributed by atoms with van der Waals surface area (Å²) in [6, 6.07) is 17.7. The Kier molecular flexibility index (Phi) is 9.63. The molecule has 228 valence electrons. The molecule has 2 saturated heterocycles. The molecule has 1 atom stereocenters. The molecule has 0 spiro atoms. The van der Waals surface area contributed by atoms with E-state index in [1.807, 2.05) is 47.4 Å². The third-order valence-electron chi connectivity index (χ3n) is 9.09. The quantitative estimate of drug-likeness (QED) is 0.292. The molecule has 3 aliphatic rings. The second-order valence-electron chi connectivity index (χ2n) is 11.9. The van der Waals surface area contributed by atoms with E-state index in [9.17, 15) is 14.4 Å². The molecule has 10 heteroatoms. The van der Waals surface area contributed by atoms with Crippen LogP contribution < -0.4 is 15.8 Å². The number of nitrogens with zero attached hydrogens (tertiary/aromatic N) is 4. The van der Waals surface area contributed by atoms with Gasteiger partial charge in [-0.25, -0.2) is 4.98 Å². The fourth-order valence-corrected chi connectivity index (χ4v) is 7.43. The van der Waals surface area contributed by atoms with Crippen molar-refractivity contribution in [3.63, 3.8) is 0 Å². The van der Waals surface area contributed by atoms with Crippen molar-refractivity contribution in [1.29, 1.82) is 0 Å². The van der Waals surface area contributed by atoms with Crippen molar-refractivity contribution in [2.24, 2.45) is 11.8 Å². The Balaban J connectivity index is 1.07. The molecule has 0 bridgehead atoms. The highest BCUT2D eigenvalue weighted by Crippen LogP contribution is 2.31. The summed E-state index contributed by atoms with van der Waals surface area (Å²) < 4.78 is 7.41. The minimum absolute atomic E-state index is 0.0120. The van der Waals surface area contributed by atoms with Gasteiger partial charge in [-0.15, -0.1) is 0 Å². The molecule has 43 heavy (non-hydrogen) atoms. The molecule has 9 nitrogen and oxygen atoms in total. The summed E-state index contributed by atoms with van der Waals surface area (Å²) in [4.78, 5) is 48.7. The third kappa shape index (κ3) is 7.24. The largest absolute Gasteiger partial charge is 0.376 e. The summed E-state index contributed by atoms with van der Waals surface area (Å²) in [5, 5.41) is 4.28. The van der Waals surface area contributed by atoms with Crippen LogP contribution in [0.2, 0.25) is 0 Å². The van der Waals surface area contributed by atoms with Gasteiger partial charge in [0, 0.05) is 57.5 Å². The van der Waals surface area contributed by atoms with Crippen LogP contribution in [0.5, 0.6) is 0 Å². The van der Waals surface area contributed by atoms with Gasteiger partial charge in [0.15, 0.2) is 5.16 Å². The molecule has 3 heterocycles. The first-order valence-electron chi connectivity index (χ1n) is 15.6. The number of piperazine rings is 1. The van der Waals surface area contributed by atoms with Gasteiger partial charge in [-0.05, 0) is 68.7 Å². The molecule has 1 saturated carbocycles. The fourth-order valence-electron chi connectivity index (χ4n) is 6.52. The van der Waals surface area contributed by atoms with Crippen molar-refractivity contribution < 1.29 is 14.3 Å². The SMILES string of the molecule is O=C(NCC1CCCO1)C1CCC(Cn2c(SCC(=O)N3CCN(c4ccccc4)CC3)nc3ccccc3c2=O)CC1. The van der Waals surface area contributed by atoms with Crippen LogP contribution in [0.15, 0.2) is 64.5 Å². The van der Waals surface area contributed by atoms with Gasteiger partial charge in [-0.3, -0.25) is 19.0 Å². The molecule has 0 radical (unpaired) electrons. The summed E-state index contributed by atoms with van der Waals surface area (Å²) in [6.07, 6.45) is 5.61. The summed E-state index contributed by atoms with van der Waals surface area (Å²) in [5.74, 6) is 0.731. The average molecular weight is 604 g/mol. The highest BCUT2D eigenvalue weighted by atomic mass is 32.2. The summed E-state index contributed by atoms with van der Waals surface area (Å²) in [5.41, 5.74) is 1.77. The van der Waals surface area contributed by atoms with Crippen molar-refractivity contribution in [2.75, 3.05) is 50.0 Å². The fraction of sp³-hybridized carbons (Fsp3) is 0.515. The maximum absolute atomic E-state index is 13.7. The zero-order chi connectivity index (χ0) is 29.6. The Bertz CT molecular complexity index is 1460. The molecule has 2 aromatic carbocycles. The standard InChI is InChI=1S/C33H41N5O4S/c39-30(37-18-16-36(17-19-37)26-7-2-1-3-8-26)23-43-33-35-29-11-5-4-10-28(29)32(41)38(33)22-24-12-14-25(15-13-24)31(40)34-21-27-9-6-20-42-27/h1-5,7-8,10-11,24-25,27H,6,9,12-23H2,(H,34,40). The van der Waals surface area contributed by atoms with Crippen molar-refractivity contribution in [3.05, 3.63) is 65.0 Å². The molecule has 2 aliphatic heterocycles. The molecular weight excluding hydrogens is 562 g/mol. The Morgan fingerprint density at radius 1 is 0.930 bits per heavy atom. The number of carbonyl (C=O) groups excluding carboxylic acids is 2. The average Bonchev–Trinajstić information content (AvgIpc) is 3.59. The van der Waals surface area contributed by atoms with Crippen LogP contribution in [0.4, 0.5) is 5.69 Å². The van der Waals surface area contributed by atoms with Gasteiger partial charge in [0.05, 0.1) is 22.8 Å². The molecule has 3 fully saturated rings. The van der Waals surface area contributed by atoms with E-state index in [2.05, 4.69) is 22.3 Å². The van der Waals surface area contributed by atoms with E-state index < -0.39 is 0 Å². The molecular formula is C33H41N5O4S. The number of carbonyl (C=O) groups is 2. The summed E-state index contributed by atoms with van der Waals surface area (Å²) >= 11 is 1.36. The molecule has 1 N–H and O–H groups in total. The Labute approximate surface area is 257 Å². The minimum Gasteiger partial charge on any atom is -0.376 e. The normalized spacial score (nSPS) is 22.6. The molecule has 1 aliphatic carbocycles. The van der Waals surface area contributed by atoms with Gasteiger partial charge < -0.3 is 19.9 Å². The van der Waals surface area contributed by atoms with Crippen molar-refractivity contribution in [1.82, 2.24) is 19.8 Å². The number of fused-ring (bicyclic) bond motifs is 1. The van der Waals surface area contributed by atoms with Crippen LogP contribution in [0, 0.1) is 11.8 Å². The number of benzene rings is 2. The van der Waals surface area contributed by atoms with Crippen molar-refractivity contribution in [2.45, 2.75) is 56.3 Å². The van der Waals surface area contributed by atoms with Gasteiger partial charge >= 0.3 is 0 Å². The number of thioether (sulfide) groups is 1. The Hall–Kier alpha value is -3.37. The maximum atomic E-state index is 13.7. The van der Waals surface area contributed by atoms with Crippen LogP contribution in [0.1, 0.15) is 38.5 Å². The van der Waals surface area contributed by atoms with E-state index in [0.717, 1.165) is 58.2 Å². The predicted molar refractivity (Wildman–Crippen MR) is 169 cm³/mol. The van der Waals surface area contributed by atoms with Gasteiger partial charge in [0.1, 0.15) is 0 Å². The zero-order valence-electron chi connectivity index (χ0n) is 24.7. The van der Waals surface area contributed by atoms with Gasteiger partial charge in [-0.1, -0.05) is 42.1 Å². The number of hydrogen-bond donors (Lipinski definition) is 1. The second kappa shape index (κ2) is 13.9. The van der Waals surface area contributed by atoms with Crippen molar-refractivity contribution >= 4 is 40.2 Å². The number of nitrogens with one attached hydrogen (secondary N) is 1. The topological polar surface area (TPSA) is 96.8 Å². The van der Waals surface area contributed by atoms with E-state index in [-0.39, 0.29) is 41.1 Å². The van der Waals surface area contributed by atoms with E-state index >= 15 is 0 Å². The van der Waals surface area contributed by atoms with E-state index in [1.54, 1.807) is 4.57 Å². The van der Waals surface area contributed by atoms with Gasteiger partial charge in [0.25, 0.3) is 5.56 Å². The van der Waals surface area contributed by atoms with Gasteiger partial charge in [0.2, 0.25) is 11.8 Å². The number of rotatable bonds is 9. The number of aromatic nitrogens is 2. The monoisotopic (exact) mass is 603 g/mol. The molecule has 1 aromatic heterocycles. The number of hydrogen-bond acceptors (Lipinski definition) is 7. The predicted octanol–water partition coefficient (Wildman–Crippen LogP) is 3.94. The lowest BCUT2D eigenvalue weighted by atomic mass is 9.81. The summed E-state index contributed by atoms with van der Waals surface area (Å²) in [7, 11) is 0. The molecule has 3 aromatic rings. The van der Waals surface area contributed by atoms with Crippen molar-refractivity contribution in [3.8, 4) is 0 Å². The van der Waals surface area contributed by atoms with Crippen LogP contribution in [0.3, 0.4) is 0 Å². The molecule has 1 unspecified atom stereocenters. The first kappa shape index (κ1) is 29.7. The first-order valence-corrected chi connectivity index (χ1v) is 16.6. The van der Waals surface area contributed by atoms with E-state index in [0.29, 0.717) is 42.2 Å². The Morgan fingerprint density at radius 3 is 2.42 bits per heavy atom. The van der Waals surface area contributed by atoms with E-state index in [4.69, 9.17) is 9.72 Å². The number of anilines is 1. The smallest absolute Gasteiger partial charge is 0.262 e. The van der Waals surface area contributed by atoms with Crippen LogP contribution in [-0.4, -0.2) is 77.5 Å². The third-order valence-corrected chi connectivity index (χ3v) is 10.1. The molecule has 2 amide bonds. The van der Waals surface area contributed by atoms with Crippen LogP contribution in [-0.2, 0) is 20.9 Å². The maximum Gasteiger partial charge on any atom is 0.262 e. The second-order valence-corrected chi connectivity index (χ2v) is 12.9. The lowest BCUT2D eigenvalue weighted by molar-refractivity contribution is -0.128. The number of para-hydroxylation sites is 2. The lowest BCUT2D eigenvalue weighted by Gasteiger charge is -2.36. The molecule has 6 rings (SSSR count). The van der Waals surface area contributed by atoms with Crippen LogP contribution >= 0.6 is 11.8 Å². The first-order chi connectivity index (χ1) is 21.0. The van der Waals surface area contributed by atoms with E-state index in [1.165, 1.54) is 17.4 Å². The highest BCUT2D eigenvalue weighted by Gasteiger charge is 2.29. The number of ether oxygens (including phenoxy) is 1. The lowest BCUT2D eigenvalue weighted by Crippen LogP contribution is -2.49. The highest BCUT2D eigenvalue weighted by molar-refractivity contribution is 7.99. The van der Waals surface area contributed by atoms with Gasteiger partial charge in [-0.2, -0.15) is 0 Å². The van der Waals surface area contributed by atoms with Crippen LogP contribution in [0.25, 0.3) is 10.9 Å². The Morgan fingerprint density at radius 2 is 1.67 bits per heavy atom. The number of amides is 2. The minimum atomic E-state index is -0.0616.